The maximum atomic E-state index is 13.4. The van der Waals surface area contributed by atoms with E-state index in [4.69, 9.17) is 11.6 Å². The first kappa shape index (κ1) is 12.6. The zero-order chi connectivity index (χ0) is 12.6. The predicted molar refractivity (Wildman–Crippen MR) is 70.7 cm³/mol. The minimum absolute atomic E-state index is 0.0993. The summed E-state index contributed by atoms with van der Waals surface area (Å²) in [6.45, 7) is 4.05. The van der Waals surface area contributed by atoms with E-state index in [0.29, 0.717) is 11.3 Å². The fourth-order valence-electron chi connectivity index (χ4n) is 1.50. The minimum Gasteiger partial charge on any atom is -0.268 e. The molecule has 0 atom stereocenters. The van der Waals surface area contributed by atoms with Gasteiger partial charge in [0, 0.05) is 17.8 Å². The highest BCUT2D eigenvalue weighted by molar-refractivity contribution is 9.10. The molecule has 0 aliphatic carbocycles. The molecule has 2 nitrogen and oxygen atoms in total. The molecule has 0 unspecified atom stereocenters. The highest BCUT2D eigenvalue weighted by Crippen LogP contribution is 2.34. The monoisotopic (exact) mass is 316 g/mol. The second-order valence-electron chi connectivity index (χ2n) is 4.00. The molecule has 0 spiro atoms. The Hall–Kier alpha value is -0.870. The molecular formula is C12H11BrClFN2. The van der Waals surface area contributed by atoms with Crippen LogP contribution in [0.15, 0.2) is 28.9 Å². The average Bonchev–Trinajstić information content (AvgIpc) is 2.65. The van der Waals surface area contributed by atoms with E-state index < -0.39 is 5.82 Å². The van der Waals surface area contributed by atoms with Crippen molar-refractivity contribution in [1.29, 1.82) is 0 Å². The number of nitrogens with zero attached hydrogens (tertiary/aromatic N) is 2. The van der Waals surface area contributed by atoms with Crippen LogP contribution < -0.4 is 0 Å². The van der Waals surface area contributed by atoms with Crippen molar-refractivity contribution in [2.24, 2.45) is 0 Å². The number of rotatable bonds is 2. The lowest BCUT2D eigenvalue weighted by Gasteiger charge is -2.04. The molecule has 0 radical (unpaired) electrons. The molecule has 0 bridgehead atoms. The lowest BCUT2D eigenvalue weighted by Crippen LogP contribution is -2.00. The van der Waals surface area contributed by atoms with Crippen LogP contribution in [-0.4, -0.2) is 9.78 Å². The van der Waals surface area contributed by atoms with Gasteiger partial charge in [-0.05, 0) is 35.8 Å². The van der Waals surface area contributed by atoms with Crippen LogP contribution in [0.5, 0.6) is 0 Å². The summed E-state index contributed by atoms with van der Waals surface area (Å²) < 4.78 is 16.0. The first-order chi connectivity index (χ1) is 8.00. The van der Waals surface area contributed by atoms with Crippen molar-refractivity contribution in [1.82, 2.24) is 9.78 Å². The third kappa shape index (κ3) is 2.38. The van der Waals surface area contributed by atoms with Gasteiger partial charge in [0.2, 0.25) is 0 Å². The molecule has 0 saturated carbocycles. The highest BCUT2D eigenvalue weighted by Gasteiger charge is 2.15. The first-order valence-corrected chi connectivity index (χ1v) is 6.37. The molecule has 2 aromatic rings. The summed E-state index contributed by atoms with van der Waals surface area (Å²) >= 11 is 9.36. The van der Waals surface area contributed by atoms with Crippen LogP contribution in [0.1, 0.15) is 19.9 Å². The molecule has 0 fully saturated rings. The summed E-state index contributed by atoms with van der Waals surface area (Å²) in [7, 11) is 0. The van der Waals surface area contributed by atoms with Gasteiger partial charge in [-0.25, -0.2) is 4.39 Å². The Morgan fingerprint density at radius 1 is 1.41 bits per heavy atom. The van der Waals surface area contributed by atoms with Gasteiger partial charge in [0.05, 0.1) is 9.50 Å². The van der Waals surface area contributed by atoms with Crippen molar-refractivity contribution in [3.05, 3.63) is 39.7 Å². The number of halogens is 3. The van der Waals surface area contributed by atoms with Gasteiger partial charge in [-0.3, -0.25) is 4.68 Å². The third-order valence-electron chi connectivity index (χ3n) is 2.42. The smallest absolute Gasteiger partial charge is 0.142 e. The molecule has 1 aromatic carbocycles. The molecule has 1 aromatic heterocycles. The fraction of sp³-hybridized carbons (Fsp3) is 0.250. The van der Waals surface area contributed by atoms with E-state index in [1.54, 1.807) is 16.8 Å². The van der Waals surface area contributed by atoms with E-state index >= 15 is 0 Å². The number of aromatic nitrogens is 2. The predicted octanol–water partition coefficient (Wildman–Crippen LogP) is 4.69. The SMILES string of the molecule is CC(C)n1cc(Br)c(-c2cccc(F)c2Cl)n1. The molecule has 0 aliphatic heterocycles. The molecule has 2 rings (SSSR count). The zero-order valence-electron chi connectivity index (χ0n) is 9.42. The Morgan fingerprint density at radius 2 is 2.12 bits per heavy atom. The normalized spacial score (nSPS) is 11.2. The van der Waals surface area contributed by atoms with Gasteiger partial charge in [0.15, 0.2) is 0 Å². The summed E-state index contributed by atoms with van der Waals surface area (Å²) in [5, 5.41) is 4.50. The molecule has 0 N–H and O–H groups in total. The van der Waals surface area contributed by atoms with E-state index in [-0.39, 0.29) is 11.1 Å². The van der Waals surface area contributed by atoms with E-state index in [1.165, 1.54) is 6.07 Å². The number of benzene rings is 1. The van der Waals surface area contributed by atoms with Crippen LogP contribution in [0.3, 0.4) is 0 Å². The Morgan fingerprint density at radius 3 is 2.71 bits per heavy atom. The van der Waals surface area contributed by atoms with E-state index in [2.05, 4.69) is 21.0 Å². The average molecular weight is 318 g/mol. The van der Waals surface area contributed by atoms with Crippen LogP contribution in [-0.2, 0) is 0 Å². The molecule has 0 aliphatic rings. The van der Waals surface area contributed by atoms with Gasteiger partial charge in [0.1, 0.15) is 11.5 Å². The standard InChI is InChI=1S/C12H11BrClFN2/c1-7(2)17-6-9(13)12(16-17)8-4-3-5-10(15)11(8)14/h3-7H,1-2H3. The van der Waals surface area contributed by atoms with Crippen molar-refractivity contribution in [3.63, 3.8) is 0 Å². The number of hydrogen-bond acceptors (Lipinski definition) is 1. The van der Waals surface area contributed by atoms with Crippen LogP contribution in [0.2, 0.25) is 5.02 Å². The topological polar surface area (TPSA) is 17.8 Å². The van der Waals surface area contributed by atoms with Crippen LogP contribution in [0, 0.1) is 5.82 Å². The van der Waals surface area contributed by atoms with Gasteiger partial charge >= 0.3 is 0 Å². The van der Waals surface area contributed by atoms with Crippen LogP contribution >= 0.6 is 27.5 Å². The molecule has 0 amide bonds. The van der Waals surface area contributed by atoms with E-state index in [9.17, 15) is 4.39 Å². The van der Waals surface area contributed by atoms with Crippen molar-refractivity contribution in [3.8, 4) is 11.3 Å². The van der Waals surface area contributed by atoms with Crippen LogP contribution in [0.4, 0.5) is 4.39 Å². The lowest BCUT2D eigenvalue weighted by atomic mass is 10.1. The van der Waals surface area contributed by atoms with Gasteiger partial charge < -0.3 is 0 Å². The summed E-state index contributed by atoms with van der Waals surface area (Å²) in [6, 6.07) is 4.95. The molecule has 5 heteroatoms. The Balaban J connectivity index is 2.57. The van der Waals surface area contributed by atoms with Crippen molar-refractivity contribution < 1.29 is 4.39 Å². The second kappa shape index (κ2) is 4.78. The Bertz CT molecular complexity index is 551. The Labute approximate surface area is 113 Å². The second-order valence-corrected chi connectivity index (χ2v) is 5.23. The largest absolute Gasteiger partial charge is 0.268 e. The highest BCUT2D eigenvalue weighted by atomic mass is 79.9. The lowest BCUT2D eigenvalue weighted by molar-refractivity contribution is 0.533. The summed E-state index contributed by atoms with van der Waals surface area (Å²) in [4.78, 5) is 0. The van der Waals surface area contributed by atoms with E-state index in [0.717, 1.165) is 4.47 Å². The maximum absolute atomic E-state index is 13.4. The summed E-state index contributed by atoms with van der Waals surface area (Å²) in [5.74, 6) is -0.435. The van der Waals surface area contributed by atoms with Gasteiger partial charge in [0.25, 0.3) is 0 Å². The van der Waals surface area contributed by atoms with Gasteiger partial charge in [-0.2, -0.15) is 5.10 Å². The quantitative estimate of drug-likeness (QED) is 0.786. The number of hydrogen-bond donors (Lipinski definition) is 0. The maximum Gasteiger partial charge on any atom is 0.142 e. The molecule has 0 saturated heterocycles. The molecular weight excluding hydrogens is 307 g/mol. The van der Waals surface area contributed by atoms with Gasteiger partial charge in [-0.1, -0.05) is 23.7 Å². The van der Waals surface area contributed by atoms with E-state index in [1.807, 2.05) is 20.0 Å². The summed E-state index contributed by atoms with van der Waals surface area (Å²) in [5.41, 5.74) is 1.25. The Kier molecular flexibility index (Phi) is 3.54. The molecule has 1 heterocycles. The van der Waals surface area contributed by atoms with Crippen LogP contribution in [0.25, 0.3) is 11.3 Å². The zero-order valence-corrected chi connectivity index (χ0v) is 11.8. The minimum atomic E-state index is -0.435. The molecule has 17 heavy (non-hydrogen) atoms. The fourth-order valence-corrected chi connectivity index (χ4v) is 2.22. The van der Waals surface area contributed by atoms with Crippen molar-refractivity contribution in [2.45, 2.75) is 19.9 Å². The molecule has 90 valence electrons. The third-order valence-corrected chi connectivity index (χ3v) is 3.39. The van der Waals surface area contributed by atoms with Crippen molar-refractivity contribution >= 4 is 27.5 Å². The summed E-state index contributed by atoms with van der Waals surface area (Å²) in [6.07, 6.45) is 1.86. The first-order valence-electron chi connectivity index (χ1n) is 5.19. The van der Waals surface area contributed by atoms with Gasteiger partial charge in [-0.15, -0.1) is 0 Å². The van der Waals surface area contributed by atoms with Crippen molar-refractivity contribution in [2.75, 3.05) is 0 Å².